The molecule has 3 fully saturated rings. The van der Waals surface area contributed by atoms with E-state index in [4.69, 9.17) is 9.47 Å². The SMILES string of the molecule is COCN1C2NC(CC(c3c(C)cccc3C)N2)OC[C@@H](CC(C)(C)C)NCC2CCCC(C2)S1(=O)=O. The summed E-state index contributed by atoms with van der Waals surface area (Å²) in [6, 6.07) is 6.47. The van der Waals surface area contributed by atoms with E-state index < -0.39 is 21.6 Å². The van der Waals surface area contributed by atoms with Crippen LogP contribution in [-0.2, 0) is 19.5 Å². The lowest BCUT2D eigenvalue weighted by Gasteiger charge is -2.43. The summed E-state index contributed by atoms with van der Waals surface area (Å²) in [6.45, 7) is 12.4. The summed E-state index contributed by atoms with van der Waals surface area (Å²) in [6.07, 6.45) is 4.13. The van der Waals surface area contributed by atoms with Crippen LogP contribution < -0.4 is 16.0 Å². The Hall–Kier alpha value is -1.07. The number of ether oxygens (including phenoxy) is 2. The summed E-state index contributed by atoms with van der Waals surface area (Å²) in [5, 5.41) is 10.5. The van der Waals surface area contributed by atoms with Crippen LogP contribution in [0, 0.1) is 25.2 Å². The van der Waals surface area contributed by atoms with Crippen molar-refractivity contribution in [1.82, 2.24) is 20.3 Å². The van der Waals surface area contributed by atoms with Gasteiger partial charge in [0.25, 0.3) is 0 Å². The fourth-order valence-corrected chi connectivity index (χ4v) is 8.46. The Bertz CT molecular complexity index is 992. The van der Waals surface area contributed by atoms with E-state index in [1.807, 2.05) is 0 Å². The highest BCUT2D eigenvalue weighted by molar-refractivity contribution is 7.89. The van der Waals surface area contributed by atoms with E-state index in [1.54, 1.807) is 7.11 Å². The number of nitrogens with one attached hydrogen (secondary N) is 3. The summed E-state index contributed by atoms with van der Waals surface area (Å²) in [4.78, 5) is 0. The molecule has 9 heteroatoms. The van der Waals surface area contributed by atoms with Crippen molar-refractivity contribution in [1.29, 1.82) is 0 Å². The molecule has 1 aromatic carbocycles. The van der Waals surface area contributed by atoms with Gasteiger partial charge in [0.1, 0.15) is 19.2 Å². The Morgan fingerprint density at radius 2 is 1.84 bits per heavy atom. The van der Waals surface area contributed by atoms with Crippen molar-refractivity contribution in [2.45, 2.75) is 103 Å². The van der Waals surface area contributed by atoms with Crippen LogP contribution in [-0.4, -0.2) is 63.5 Å². The maximum Gasteiger partial charge on any atom is 0.221 e. The van der Waals surface area contributed by atoms with Gasteiger partial charge in [-0.25, -0.2) is 8.42 Å². The molecule has 5 unspecified atom stereocenters. The summed E-state index contributed by atoms with van der Waals surface area (Å²) >= 11 is 0. The number of methoxy groups -OCH3 is 1. The summed E-state index contributed by atoms with van der Waals surface area (Å²) in [7, 11) is -2.06. The molecule has 3 N–H and O–H groups in total. The van der Waals surface area contributed by atoms with Crippen molar-refractivity contribution in [2.75, 3.05) is 27.0 Å². The van der Waals surface area contributed by atoms with E-state index >= 15 is 0 Å². The molecule has 0 radical (unpaired) electrons. The summed E-state index contributed by atoms with van der Waals surface area (Å²) in [5.41, 5.74) is 3.76. The van der Waals surface area contributed by atoms with Crippen LogP contribution in [0.1, 0.15) is 82.0 Å². The van der Waals surface area contributed by atoms with Gasteiger partial charge in [0.2, 0.25) is 10.0 Å². The lowest BCUT2D eigenvalue weighted by atomic mass is 9.86. The lowest BCUT2D eigenvalue weighted by Crippen LogP contribution is -2.65. The third-order valence-electron chi connectivity index (χ3n) is 8.12. The average molecular weight is 537 g/mol. The molecule has 6 atom stereocenters. The average Bonchev–Trinajstić information content (AvgIpc) is 2.83. The fourth-order valence-electron chi connectivity index (χ4n) is 6.43. The Balaban J connectivity index is 1.71. The van der Waals surface area contributed by atoms with Gasteiger partial charge < -0.3 is 14.8 Å². The van der Waals surface area contributed by atoms with Crippen molar-refractivity contribution >= 4 is 10.0 Å². The Labute approximate surface area is 224 Å². The monoisotopic (exact) mass is 536 g/mol. The molecule has 0 aromatic heterocycles. The van der Waals surface area contributed by atoms with Crippen molar-refractivity contribution < 1.29 is 17.9 Å². The van der Waals surface area contributed by atoms with Gasteiger partial charge in [-0.2, -0.15) is 0 Å². The van der Waals surface area contributed by atoms with E-state index in [-0.39, 0.29) is 30.5 Å². The van der Waals surface area contributed by atoms with Crippen molar-refractivity contribution in [3.63, 3.8) is 0 Å². The minimum absolute atomic E-state index is 0.00867. The zero-order valence-electron chi connectivity index (χ0n) is 23.5. The molecule has 0 spiro atoms. The number of rotatable bonds is 4. The van der Waals surface area contributed by atoms with Crippen LogP contribution >= 0.6 is 0 Å². The van der Waals surface area contributed by atoms with E-state index in [0.29, 0.717) is 31.8 Å². The lowest BCUT2D eigenvalue weighted by molar-refractivity contribution is -0.0547. The number of hydrogen-bond acceptors (Lipinski definition) is 7. The van der Waals surface area contributed by atoms with Gasteiger partial charge >= 0.3 is 0 Å². The molecule has 210 valence electrons. The van der Waals surface area contributed by atoms with Gasteiger partial charge in [0, 0.05) is 25.6 Å². The third kappa shape index (κ3) is 7.12. The largest absolute Gasteiger partial charge is 0.368 e. The summed E-state index contributed by atoms with van der Waals surface area (Å²) in [5.74, 6) is 0.337. The minimum atomic E-state index is -3.62. The third-order valence-corrected chi connectivity index (χ3v) is 10.4. The highest BCUT2D eigenvalue weighted by Crippen LogP contribution is 2.34. The number of benzene rings is 1. The maximum atomic E-state index is 14.1. The molecule has 2 aliphatic heterocycles. The smallest absolute Gasteiger partial charge is 0.221 e. The molecule has 0 amide bonds. The molecule has 4 bridgehead atoms. The van der Waals surface area contributed by atoms with Crippen molar-refractivity contribution in [2.24, 2.45) is 11.3 Å². The highest BCUT2D eigenvalue weighted by Gasteiger charge is 2.43. The van der Waals surface area contributed by atoms with Crippen LogP contribution in [0.5, 0.6) is 0 Å². The van der Waals surface area contributed by atoms with Crippen LogP contribution in [0.4, 0.5) is 0 Å². The Morgan fingerprint density at radius 1 is 1.11 bits per heavy atom. The van der Waals surface area contributed by atoms with Gasteiger partial charge in [0.05, 0.1) is 11.9 Å². The second-order valence-corrected chi connectivity index (χ2v) is 14.7. The molecular formula is C28H48N4O4S. The quantitative estimate of drug-likeness (QED) is 0.540. The van der Waals surface area contributed by atoms with Crippen molar-refractivity contribution in [3.8, 4) is 0 Å². The highest BCUT2D eigenvalue weighted by atomic mass is 32.2. The number of sulfonamides is 1. The zero-order chi connectivity index (χ0) is 26.8. The second-order valence-electron chi connectivity index (χ2n) is 12.5. The molecule has 3 aliphatic rings. The molecule has 2 saturated heterocycles. The molecule has 2 heterocycles. The van der Waals surface area contributed by atoms with Crippen LogP contribution in [0.2, 0.25) is 0 Å². The number of fused-ring (bicyclic) bond motifs is 4. The van der Waals surface area contributed by atoms with Gasteiger partial charge in [-0.1, -0.05) is 45.4 Å². The van der Waals surface area contributed by atoms with Gasteiger partial charge in [-0.3, -0.25) is 10.6 Å². The van der Waals surface area contributed by atoms with E-state index in [2.05, 4.69) is 68.8 Å². The van der Waals surface area contributed by atoms with Crippen LogP contribution in [0.15, 0.2) is 18.2 Å². The Kier molecular flexibility index (Phi) is 9.37. The van der Waals surface area contributed by atoms with Crippen molar-refractivity contribution in [3.05, 3.63) is 34.9 Å². The van der Waals surface area contributed by atoms with E-state index in [1.165, 1.54) is 21.0 Å². The molecule has 4 rings (SSSR count). The molecule has 8 nitrogen and oxygen atoms in total. The zero-order valence-corrected chi connectivity index (χ0v) is 24.4. The predicted molar refractivity (Wildman–Crippen MR) is 147 cm³/mol. The van der Waals surface area contributed by atoms with Gasteiger partial charge in [0.15, 0.2) is 0 Å². The first-order valence-corrected chi connectivity index (χ1v) is 15.4. The standard InChI is InChI=1S/C28H48N4O4S/c1-19-9-7-10-20(2)26(19)24-14-25-31-27(30-24)32(18-35-6)37(33,34)23-12-8-11-21(13-23)16-29-22(17-36-25)15-28(3,4)5/h7,9-10,21-25,27,29-31H,8,11-18H2,1-6H3/t21?,22-,23?,24?,25?,27?/m1/s1. The normalized spacial score (nSPS) is 33.7. The summed E-state index contributed by atoms with van der Waals surface area (Å²) < 4.78 is 41.6. The molecule has 37 heavy (non-hydrogen) atoms. The molecular weight excluding hydrogens is 488 g/mol. The topological polar surface area (TPSA) is 91.9 Å². The molecule has 1 aliphatic carbocycles. The number of hydrogen-bond donors (Lipinski definition) is 3. The minimum Gasteiger partial charge on any atom is -0.368 e. The predicted octanol–water partition coefficient (Wildman–Crippen LogP) is 3.76. The second kappa shape index (κ2) is 12.0. The molecule has 1 aromatic rings. The number of aryl methyl sites for hydroxylation is 2. The first kappa shape index (κ1) is 28.9. The first-order valence-electron chi connectivity index (χ1n) is 13.9. The van der Waals surface area contributed by atoms with Gasteiger partial charge in [-0.15, -0.1) is 4.31 Å². The van der Waals surface area contributed by atoms with Crippen LogP contribution in [0.25, 0.3) is 0 Å². The van der Waals surface area contributed by atoms with Gasteiger partial charge in [-0.05, 0) is 74.1 Å². The van der Waals surface area contributed by atoms with E-state index in [9.17, 15) is 8.42 Å². The van der Waals surface area contributed by atoms with Crippen LogP contribution in [0.3, 0.4) is 0 Å². The number of nitrogens with zero attached hydrogens (tertiary/aromatic N) is 1. The first-order chi connectivity index (χ1) is 17.5. The maximum absolute atomic E-state index is 14.1. The Morgan fingerprint density at radius 3 is 2.51 bits per heavy atom. The fraction of sp³-hybridized carbons (Fsp3) is 0.786. The molecule has 1 saturated carbocycles. The van der Waals surface area contributed by atoms with E-state index in [0.717, 1.165) is 25.8 Å².